The average molecular weight is 308 g/mol. The zero-order valence-electron chi connectivity index (χ0n) is 14.0. The third kappa shape index (κ3) is 3.15. The van der Waals surface area contributed by atoms with Crippen molar-refractivity contribution in [2.75, 3.05) is 4.90 Å². The largest absolute Gasteiger partial charge is 0.308 e. The van der Waals surface area contributed by atoms with Gasteiger partial charge >= 0.3 is 0 Å². The Labute approximate surface area is 138 Å². The summed E-state index contributed by atoms with van der Waals surface area (Å²) in [4.78, 5) is 14.9. The van der Waals surface area contributed by atoms with E-state index in [0.29, 0.717) is 0 Å². The molecule has 1 heterocycles. The molecule has 3 atom stereocenters. The minimum Gasteiger partial charge on any atom is -0.308 e. The van der Waals surface area contributed by atoms with Crippen LogP contribution in [0.15, 0.2) is 54.6 Å². The SMILES string of the molecule is C[C@H](N[C@H](C)c1ccccc1)C(=O)N1c2ccccc2C[C@H]1C. The Kier molecular flexibility index (Phi) is 4.49. The van der Waals surface area contributed by atoms with Crippen LogP contribution >= 0.6 is 0 Å². The first-order chi connectivity index (χ1) is 11.1. The molecule has 2 aromatic carbocycles. The lowest BCUT2D eigenvalue weighted by Gasteiger charge is -2.28. The number of benzene rings is 2. The normalized spacial score (nSPS) is 19.3. The summed E-state index contributed by atoms with van der Waals surface area (Å²) in [6, 6.07) is 18.6. The highest BCUT2D eigenvalue weighted by Crippen LogP contribution is 2.32. The molecule has 0 saturated carbocycles. The molecule has 0 fully saturated rings. The van der Waals surface area contributed by atoms with Crippen LogP contribution in [-0.2, 0) is 11.2 Å². The molecule has 2 aromatic rings. The van der Waals surface area contributed by atoms with E-state index in [2.05, 4.69) is 37.4 Å². The van der Waals surface area contributed by atoms with E-state index in [0.717, 1.165) is 12.1 Å². The van der Waals surface area contributed by atoms with E-state index in [1.54, 1.807) is 0 Å². The maximum Gasteiger partial charge on any atom is 0.244 e. The molecule has 3 nitrogen and oxygen atoms in total. The van der Waals surface area contributed by atoms with Crippen molar-refractivity contribution in [3.63, 3.8) is 0 Å². The number of nitrogens with one attached hydrogen (secondary N) is 1. The van der Waals surface area contributed by atoms with Gasteiger partial charge in [-0.25, -0.2) is 0 Å². The molecule has 3 rings (SSSR count). The zero-order chi connectivity index (χ0) is 16.4. The minimum atomic E-state index is -0.223. The summed E-state index contributed by atoms with van der Waals surface area (Å²) in [5.74, 6) is 0.144. The van der Waals surface area contributed by atoms with Gasteiger partial charge in [-0.15, -0.1) is 0 Å². The summed E-state index contributed by atoms with van der Waals surface area (Å²) in [6.07, 6.45) is 0.933. The van der Waals surface area contributed by atoms with E-state index in [-0.39, 0.29) is 24.0 Å². The van der Waals surface area contributed by atoms with Crippen LogP contribution < -0.4 is 10.2 Å². The molecule has 1 aliphatic heterocycles. The van der Waals surface area contributed by atoms with Gasteiger partial charge in [-0.3, -0.25) is 10.1 Å². The molecule has 0 unspecified atom stereocenters. The van der Waals surface area contributed by atoms with E-state index in [1.165, 1.54) is 11.1 Å². The maximum absolute atomic E-state index is 12.9. The summed E-state index contributed by atoms with van der Waals surface area (Å²) in [7, 11) is 0. The van der Waals surface area contributed by atoms with Crippen molar-refractivity contribution in [1.29, 1.82) is 0 Å². The first kappa shape index (κ1) is 15.8. The van der Waals surface area contributed by atoms with Crippen LogP contribution in [0.25, 0.3) is 0 Å². The van der Waals surface area contributed by atoms with Gasteiger partial charge in [0.1, 0.15) is 0 Å². The van der Waals surface area contributed by atoms with Crippen molar-refractivity contribution < 1.29 is 4.79 Å². The maximum atomic E-state index is 12.9. The molecule has 0 saturated heterocycles. The molecule has 0 spiro atoms. The van der Waals surface area contributed by atoms with Crippen molar-refractivity contribution in [2.24, 2.45) is 0 Å². The molecule has 1 amide bonds. The average Bonchev–Trinajstić information content (AvgIpc) is 2.90. The predicted molar refractivity (Wildman–Crippen MR) is 94.5 cm³/mol. The number of hydrogen-bond acceptors (Lipinski definition) is 2. The van der Waals surface area contributed by atoms with E-state index in [4.69, 9.17) is 0 Å². The highest BCUT2D eigenvalue weighted by atomic mass is 16.2. The zero-order valence-corrected chi connectivity index (χ0v) is 14.0. The standard InChI is InChI=1S/C20H24N2O/c1-14-13-18-11-7-8-12-19(18)22(14)20(23)16(3)21-15(2)17-9-5-4-6-10-17/h4-12,14-16,21H,13H2,1-3H3/t14-,15-,16+/m1/s1. The Morgan fingerprint density at radius 3 is 2.48 bits per heavy atom. The van der Waals surface area contributed by atoms with Crippen LogP contribution in [0.4, 0.5) is 5.69 Å². The Morgan fingerprint density at radius 1 is 1.09 bits per heavy atom. The number of amides is 1. The Hall–Kier alpha value is -2.13. The van der Waals surface area contributed by atoms with E-state index < -0.39 is 0 Å². The van der Waals surface area contributed by atoms with Crippen LogP contribution in [0.3, 0.4) is 0 Å². The van der Waals surface area contributed by atoms with Crippen molar-refractivity contribution in [3.05, 3.63) is 65.7 Å². The molecular formula is C20H24N2O. The summed E-state index contributed by atoms with van der Waals surface area (Å²) < 4.78 is 0. The number of carbonyl (C=O) groups is 1. The lowest BCUT2D eigenvalue weighted by Crippen LogP contribution is -2.47. The fourth-order valence-electron chi connectivity index (χ4n) is 3.39. The van der Waals surface area contributed by atoms with Crippen LogP contribution in [-0.4, -0.2) is 18.0 Å². The first-order valence-corrected chi connectivity index (χ1v) is 8.30. The van der Waals surface area contributed by atoms with Gasteiger partial charge in [0.15, 0.2) is 0 Å². The summed E-state index contributed by atoms with van der Waals surface area (Å²) in [5, 5.41) is 3.43. The molecule has 0 aromatic heterocycles. The number of carbonyl (C=O) groups excluding carboxylic acids is 1. The van der Waals surface area contributed by atoms with E-state index in [1.807, 2.05) is 48.2 Å². The van der Waals surface area contributed by atoms with E-state index in [9.17, 15) is 4.79 Å². The number of hydrogen-bond donors (Lipinski definition) is 1. The number of rotatable bonds is 4. The van der Waals surface area contributed by atoms with Gasteiger partial charge in [-0.05, 0) is 44.4 Å². The number of anilines is 1. The molecule has 0 radical (unpaired) electrons. The number of fused-ring (bicyclic) bond motifs is 1. The fourth-order valence-corrected chi connectivity index (χ4v) is 3.39. The van der Waals surface area contributed by atoms with Gasteiger partial charge in [0.05, 0.1) is 6.04 Å². The van der Waals surface area contributed by atoms with Crippen LogP contribution in [0.5, 0.6) is 0 Å². The van der Waals surface area contributed by atoms with Crippen LogP contribution in [0, 0.1) is 0 Å². The third-order valence-corrected chi connectivity index (χ3v) is 4.61. The van der Waals surface area contributed by atoms with Crippen molar-refractivity contribution in [3.8, 4) is 0 Å². The predicted octanol–water partition coefficient (Wildman–Crippen LogP) is 3.70. The molecule has 1 aliphatic rings. The Morgan fingerprint density at radius 2 is 1.74 bits per heavy atom. The van der Waals surface area contributed by atoms with Gasteiger partial charge in [0.25, 0.3) is 0 Å². The fraction of sp³-hybridized carbons (Fsp3) is 0.350. The van der Waals surface area contributed by atoms with Crippen molar-refractivity contribution in [1.82, 2.24) is 5.32 Å². The van der Waals surface area contributed by atoms with Gasteiger partial charge in [-0.1, -0.05) is 48.5 Å². The molecule has 23 heavy (non-hydrogen) atoms. The second-order valence-electron chi connectivity index (χ2n) is 6.41. The van der Waals surface area contributed by atoms with Crippen LogP contribution in [0.1, 0.15) is 37.9 Å². The van der Waals surface area contributed by atoms with Gasteiger partial charge in [0.2, 0.25) is 5.91 Å². The molecule has 0 bridgehead atoms. The third-order valence-electron chi connectivity index (χ3n) is 4.61. The number of nitrogens with zero attached hydrogens (tertiary/aromatic N) is 1. The van der Waals surface area contributed by atoms with Crippen LogP contribution in [0.2, 0.25) is 0 Å². The quantitative estimate of drug-likeness (QED) is 0.934. The topological polar surface area (TPSA) is 32.3 Å². The second-order valence-corrected chi connectivity index (χ2v) is 6.41. The molecule has 0 aliphatic carbocycles. The molecule has 3 heteroatoms. The highest BCUT2D eigenvalue weighted by molar-refractivity contribution is 5.99. The van der Waals surface area contributed by atoms with Crippen molar-refractivity contribution >= 4 is 11.6 Å². The van der Waals surface area contributed by atoms with Gasteiger partial charge < -0.3 is 4.90 Å². The molecule has 1 N–H and O–H groups in total. The summed E-state index contributed by atoms with van der Waals surface area (Å²) >= 11 is 0. The molecular weight excluding hydrogens is 284 g/mol. The Balaban J connectivity index is 1.73. The monoisotopic (exact) mass is 308 g/mol. The first-order valence-electron chi connectivity index (χ1n) is 8.30. The smallest absolute Gasteiger partial charge is 0.244 e. The van der Waals surface area contributed by atoms with Gasteiger partial charge in [0, 0.05) is 17.8 Å². The Bertz CT molecular complexity index is 683. The summed E-state index contributed by atoms with van der Waals surface area (Å²) in [6.45, 7) is 6.17. The van der Waals surface area contributed by atoms with E-state index >= 15 is 0 Å². The number of para-hydroxylation sites is 1. The minimum absolute atomic E-state index is 0.142. The lowest BCUT2D eigenvalue weighted by atomic mass is 10.1. The second kappa shape index (κ2) is 6.55. The lowest BCUT2D eigenvalue weighted by molar-refractivity contribution is -0.120. The highest BCUT2D eigenvalue weighted by Gasteiger charge is 2.33. The summed E-state index contributed by atoms with van der Waals surface area (Å²) in [5.41, 5.74) is 3.52. The van der Waals surface area contributed by atoms with Gasteiger partial charge in [-0.2, -0.15) is 0 Å². The molecule has 120 valence electrons. The van der Waals surface area contributed by atoms with Crippen molar-refractivity contribution in [2.45, 2.75) is 45.3 Å².